The van der Waals surface area contributed by atoms with E-state index in [4.69, 9.17) is 0 Å². The number of carbonyl (C=O) groups excluding carboxylic acids is 1. The highest BCUT2D eigenvalue weighted by atomic mass is 16.1. The van der Waals surface area contributed by atoms with E-state index in [1.54, 1.807) is 6.07 Å². The summed E-state index contributed by atoms with van der Waals surface area (Å²) < 4.78 is 2.14. The molecule has 0 radical (unpaired) electrons. The Balaban J connectivity index is 1.51. The number of nitrogens with zero attached hydrogens (tertiary/aromatic N) is 3. The fraction of sp³-hybridized carbons (Fsp3) is 0.278. The number of rotatable bonds is 2. The lowest BCUT2D eigenvalue weighted by Crippen LogP contribution is -2.41. The van der Waals surface area contributed by atoms with E-state index < -0.39 is 0 Å². The van der Waals surface area contributed by atoms with E-state index in [2.05, 4.69) is 19.9 Å². The van der Waals surface area contributed by atoms with Gasteiger partial charge in [-0.2, -0.15) is 0 Å². The van der Waals surface area contributed by atoms with Crippen molar-refractivity contribution >= 4 is 16.8 Å². The van der Waals surface area contributed by atoms with Crippen LogP contribution in [0.25, 0.3) is 10.9 Å². The van der Waals surface area contributed by atoms with Gasteiger partial charge < -0.3 is 9.88 Å². The van der Waals surface area contributed by atoms with Gasteiger partial charge in [-0.05, 0) is 25.5 Å². The maximum Gasteiger partial charge on any atom is 0.270 e. The largest absolute Gasteiger partial charge is 0.346 e. The SMILES string of the molecule is Cc1cn2c(n1)CCC(NC(=O)c1ccc3ccccc3n1)C2. The van der Waals surface area contributed by atoms with Crippen LogP contribution in [0.1, 0.15) is 28.4 Å². The van der Waals surface area contributed by atoms with E-state index in [-0.39, 0.29) is 11.9 Å². The van der Waals surface area contributed by atoms with Gasteiger partial charge in [0.1, 0.15) is 11.5 Å². The molecule has 116 valence electrons. The number of aromatic nitrogens is 3. The molecular formula is C18H18N4O. The van der Waals surface area contributed by atoms with Crippen LogP contribution < -0.4 is 5.32 Å². The van der Waals surface area contributed by atoms with Crippen molar-refractivity contribution in [2.75, 3.05) is 0 Å². The van der Waals surface area contributed by atoms with Crippen LogP contribution in [0.5, 0.6) is 0 Å². The van der Waals surface area contributed by atoms with Gasteiger partial charge in [-0.3, -0.25) is 4.79 Å². The number of hydrogen-bond donors (Lipinski definition) is 1. The monoisotopic (exact) mass is 306 g/mol. The van der Waals surface area contributed by atoms with Gasteiger partial charge in [0.05, 0.1) is 11.2 Å². The highest BCUT2D eigenvalue weighted by Crippen LogP contribution is 2.16. The van der Waals surface area contributed by atoms with Crippen LogP contribution in [0.15, 0.2) is 42.6 Å². The van der Waals surface area contributed by atoms with E-state index >= 15 is 0 Å². The molecule has 0 bridgehead atoms. The van der Waals surface area contributed by atoms with E-state index in [0.717, 1.165) is 41.8 Å². The highest BCUT2D eigenvalue weighted by Gasteiger charge is 2.22. The third kappa shape index (κ3) is 2.70. The van der Waals surface area contributed by atoms with Crippen molar-refractivity contribution in [2.45, 2.75) is 32.4 Å². The number of pyridine rings is 1. The maximum absolute atomic E-state index is 12.5. The van der Waals surface area contributed by atoms with Crippen molar-refractivity contribution in [3.05, 3.63) is 59.8 Å². The number of imidazole rings is 1. The minimum atomic E-state index is -0.110. The van der Waals surface area contributed by atoms with Crippen LogP contribution in [-0.2, 0) is 13.0 Å². The number of para-hydroxylation sites is 1. The van der Waals surface area contributed by atoms with Gasteiger partial charge in [0.15, 0.2) is 0 Å². The molecule has 1 amide bonds. The Bertz CT molecular complexity index is 884. The van der Waals surface area contributed by atoms with Crippen LogP contribution in [-0.4, -0.2) is 26.5 Å². The summed E-state index contributed by atoms with van der Waals surface area (Å²) in [5.41, 5.74) is 2.34. The van der Waals surface area contributed by atoms with Crippen LogP contribution in [0.2, 0.25) is 0 Å². The number of carbonyl (C=O) groups is 1. The smallest absolute Gasteiger partial charge is 0.270 e. The summed E-state index contributed by atoms with van der Waals surface area (Å²) in [4.78, 5) is 21.4. The molecule has 1 aromatic carbocycles. The van der Waals surface area contributed by atoms with Gasteiger partial charge >= 0.3 is 0 Å². The molecule has 1 aliphatic rings. The summed E-state index contributed by atoms with van der Waals surface area (Å²) >= 11 is 0. The second-order valence-corrected chi connectivity index (χ2v) is 6.05. The zero-order valence-corrected chi connectivity index (χ0v) is 13.0. The second-order valence-electron chi connectivity index (χ2n) is 6.05. The third-order valence-corrected chi connectivity index (χ3v) is 4.28. The summed E-state index contributed by atoms with van der Waals surface area (Å²) in [6.07, 6.45) is 3.85. The summed E-state index contributed by atoms with van der Waals surface area (Å²) in [6.45, 7) is 2.77. The molecule has 0 fully saturated rings. The minimum absolute atomic E-state index is 0.110. The molecule has 0 saturated heterocycles. The lowest BCUT2D eigenvalue weighted by Gasteiger charge is -2.24. The second kappa shape index (κ2) is 5.50. The van der Waals surface area contributed by atoms with Crippen molar-refractivity contribution < 1.29 is 4.79 Å². The Kier molecular flexibility index (Phi) is 3.33. The van der Waals surface area contributed by atoms with Crippen LogP contribution in [0, 0.1) is 6.92 Å². The first-order chi connectivity index (χ1) is 11.2. The average Bonchev–Trinajstić information content (AvgIpc) is 2.93. The van der Waals surface area contributed by atoms with Crippen LogP contribution in [0.4, 0.5) is 0 Å². The Hall–Kier alpha value is -2.69. The predicted molar refractivity (Wildman–Crippen MR) is 88.3 cm³/mol. The molecule has 1 unspecified atom stereocenters. The first kappa shape index (κ1) is 13.9. The Morgan fingerprint density at radius 2 is 2.09 bits per heavy atom. The third-order valence-electron chi connectivity index (χ3n) is 4.28. The molecule has 0 aliphatic carbocycles. The number of aryl methyl sites for hydroxylation is 2. The molecule has 2 aromatic heterocycles. The fourth-order valence-corrected chi connectivity index (χ4v) is 3.16. The van der Waals surface area contributed by atoms with Gasteiger partial charge in [-0.25, -0.2) is 9.97 Å². The van der Waals surface area contributed by atoms with Crippen molar-refractivity contribution in [2.24, 2.45) is 0 Å². The highest BCUT2D eigenvalue weighted by molar-refractivity contribution is 5.95. The lowest BCUT2D eigenvalue weighted by molar-refractivity contribution is 0.0923. The molecule has 1 aliphatic heterocycles. The van der Waals surface area contributed by atoms with Crippen LogP contribution in [0.3, 0.4) is 0 Å². The molecule has 0 spiro atoms. The fourth-order valence-electron chi connectivity index (χ4n) is 3.16. The van der Waals surface area contributed by atoms with E-state index in [9.17, 15) is 4.79 Å². The lowest BCUT2D eigenvalue weighted by atomic mass is 10.1. The van der Waals surface area contributed by atoms with Gasteiger partial charge in [0, 0.05) is 30.6 Å². The summed E-state index contributed by atoms with van der Waals surface area (Å²) in [5.74, 6) is 0.998. The predicted octanol–water partition coefficient (Wildman–Crippen LogP) is 2.48. The molecule has 5 heteroatoms. The number of fused-ring (bicyclic) bond motifs is 2. The van der Waals surface area contributed by atoms with E-state index in [1.165, 1.54) is 0 Å². The number of benzene rings is 1. The first-order valence-electron chi connectivity index (χ1n) is 7.88. The molecule has 0 saturated carbocycles. The molecule has 23 heavy (non-hydrogen) atoms. The zero-order chi connectivity index (χ0) is 15.8. The van der Waals surface area contributed by atoms with Crippen molar-refractivity contribution in [3.63, 3.8) is 0 Å². The summed E-state index contributed by atoms with van der Waals surface area (Å²) in [6, 6.07) is 11.7. The maximum atomic E-state index is 12.5. The number of amides is 1. The number of hydrogen-bond acceptors (Lipinski definition) is 3. The standard InChI is InChI=1S/C18H18N4O/c1-12-10-22-11-14(7-9-17(22)19-12)20-18(23)16-8-6-13-4-2-3-5-15(13)21-16/h2-6,8,10,14H,7,9,11H2,1H3,(H,20,23). The topological polar surface area (TPSA) is 59.8 Å². The normalized spacial score (nSPS) is 17.0. The molecule has 3 heterocycles. The van der Waals surface area contributed by atoms with Crippen LogP contribution >= 0.6 is 0 Å². The first-order valence-corrected chi connectivity index (χ1v) is 7.88. The van der Waals surface area contributed by atoms with E-state index in [1.807, 2.05) is 43.5 Å². The zero-order valence-electron chi connectivity index (χ0n) is 13.0. The minimum Gasteiger partial charge on any atom is -0.346 e. The molecule has 4 rings (SSSR count). The summed E-state index contributed by atoms with van der Waals surface area (Å²) in [7, 11) is 0. The molecular weight excluding hydrogens is 288 g/mol. The van der Waals surface area contributed by atoms with Crippen molar-refractivity contribution in [1.82, 2.24) is 19.9 Å². The molecule has 3 aromatic rings. The van der Waals surface area contributed by atoms with Crippen molar-refractivity contribution in [1.29, 1.82) is 0 Å². The van der Waals surface area contributed by atoms with Gasteiger partial charge in [-0.15, -0.1) is 0 Å². The Morgan fingerprint density at radius 1 is 1.22 bits per heavy atom. The number of nitrogens with one attached hydrogen (secondary N) is 1. The Morgan fingerprint density at radius 3 is 3.00 bits per heavy atom. The quantitative estimate of drug-likeness (QED) is 0.791. The van der Waals surface area contributed by atoms with Gasteiger partial charge in [0.2, 0.25) is 0 Å². The molecule has 1 atom stereocenters. The van der Waals surface area contributed by atoms with Gasteiger partial charge in [-0.1, -0.05) is 24.3 Å². The van der Waals surface area contributed by atoms with E-state index in [0.29, 0.717) is 5.69 Å². The molecule has 1 N–H and O–H groups in total. The summed E-state index contributed by atoms with van der Waals surface area (Å²) in [5, 5.41) is 4.14. The average molecular weight is 306 g/mol. The molecule has 5 nitrogen and oxygen atoms in total. The Labute approximate surface area is 134 Å². The van der Waals surface area contributed by atoms with Crippen molar-refractivity contribution in [3.8, 4) is 0 Å². The van der Waals surface area contributed by atoms with Gasteiger partial charge in [0.25, 0.3) is 5.91 Å².